The molecule has 0 spiro atoms. The number of fused-ring (bicyclic) bond motifs is 3. The van der Waals surface area contributed by atoms with Gasteiger partial charge in [0.25, 0.3) is 0 Å². The number of nitrogens with zero attached hydrogens (tertiary/aromatic N) is 1. The van der Waals surface area contributed by atoms with E-state index < -0.39 is 11.7 Å². The van der Waals surface area contributed by atoms with Gasteiger partial charge in [-0.05, 0) is 42.5 Å². The summed E-state index contributed by atoms with van der Waals surface area (Å²) in [6, 6.07) is 3.75. The summed E-state index contributed by atoms with van der Waals surface area (Å²) in [5.41, 5.74) is 6.60. The van der Waals surface area contributed by atoms with Crippen LogP contribution in [0.2, 0.25) is 0 Å². The Labute approximate surface area is 103 Å². The van der Waals surface area contributed by atoms with E-state index in [0.29, 0.717) is 17.1 Å². The van der Waals surface area contributed by atoms with Crippen molar-refractivity contribution in [3.8, 4) is 0 Å². The van der Waals surface area contributed by atoms with Gasteiger partial charge in [-0.1, -0.05) is 6.42 Å². The van der Waals surface area contributed by atoms with Crippen LogP contribution in [-0.2, 0) is 6.18 Å². The molecule has 2 N–H and O–H groups in total. The molecule has 0 bridgehead atoms. The molecule has 1 fully saturated rings. The van der Waals surface area contributed by atoms with Crippen molar-refractivity contribution in [2.45, 2.75) is 31.4 Å². The highest BCUT2D eigenvalue weighted by Gasteiger charge is 2.38. The van der Waals surface area contributed by atoms with Crippen LogP contribution in [0, 0.1) is 5.92 Å². The number of alkyl halides is 3. The molecule has 18 heavy (non-hydrogen) atoms. The fourth-order valence-corrected chi connectivity index (χ4v) is 3.04. The van der Waals surface area contributed by atoms with Gasteiger partial charge in [0.1, 0.15) is 5.84 Å². The Bertz CT molecular complexity index is 519. The second-order valence-electron chi connectivity index (χ2n) is 4.95. The molecule has 1 aromatic rings. The van der Waals surface area contributed by atoms with Crippen molar-refractivity contribution < 1.29 is 13.2 Å². The number of rotatable bonds is 0. The zero-order chi connectivity index (χ0) is 12.9. The van der Waals surface area contributed by atoms with Crippen LogP contribution in [-0.4, -0.2) is 5.84 Å². The lowest BCUT2D eigenvalue weighted by Gasteiger charge is -2.26. The molecule has 1 aromatic carbocycles. The normalized spacial score (nSPS) is 26.5. The Balaban J connectivity index is 2.11. The van der Waals surface area contributed by atoms with Gasteiger partial charge in [-0.2, -0.15) is 13.2 Å². The number of aliphatic imine (C=N–C) groups is 1. The molecule has 5 heteroatoms. The summed E-state index contributed by atoms with van der Waals surface area (Å²) in [5.74, 6) is 0.811. The van der Waals surface area contributed by atoms with Crippen molar-refractivity contribution in [2.75, 3.05) is 0 Å². The maximum Gasteiger partial charge on any atom is 0.416 e. The summed E-state index contributed by atoms with van der Waals surface area (Å²) in [6.07, 6.45) is -1.47. The van der Waals surface area contributed by atoms with Gasteiger partial charge in [0.05, 0.1) is 11.3 Å². The van der Waals surface area contributed by atoms with Crippen molar-refractivity contribution in [1.82, 2.24) is 0 Å². The fourth-order valence-electron chi connectivity index (χ4n) is 3.04. The Kier molecular flexibility index (Phi) is 2.40. The lowest BCUT2D eigenvalue weighted by atomic mass is 9.84. The third-order valence-corrected chi connectivity index (χ3v) is 3.90. The molecule has 2 nitrogen and oxygen atoms in total. The zero-order valence-corrected chi connectivity index (χ0v) is 9.67. The van der Waals surface area contributed by atoms with Gasteiger partial charge < -0.3 is 5.73 Å². The molecule has 1 aliphatic carbocycles. The number of benzene rings is 1. The zero-order valence-electron chi connectivity index (χ0n) is 9.67. The maximum absolute atomic E-state index is 12.7. The van der Waals surface area contributed by atoms with Crippen LogP contribution < -0.4 is 5.73 Å². The summed E-state index contributed by atoms with van der Waals surface area (Å²) in [4.78, 5) is 4.24. The summed E-state index contributed by atoms with van der Waals surface area (Å²) < 4.78 is 38.2. The highest BCUT2D eigenvalue weighted by Crippen LogP contribution is 2.47. The lowest BCUT2D eigenvalue weighted by Crippen LogP contribution is -2.28. The van der Waals surface area contributed by atoms with Gasteiger partial charge >= 0.3 is 6.18 Å². The van der Waals surface area contributed by atoms with Gasteiger partial charge in [0, 0.05) is 5.92 Å². The second kappa shape index (κ2) is 3.73. The number of hydrogen-bond donors (Lipinski definition) is 1. The molecular formula is C13H13F3N2. The molecule has 3 rings (SSSR count). The van der Waals surface area contributed by atoms with E-state index in [-0.39, 0.29) is 11.8 Å². The van der Waals surface area contributed by atoms with E-state index in [1.807, 2.05) is 0 Å². The predicted octanol–water partition coefficient (Wildman–Crippen LogP) is 3.59. The van der Waals surface area contributed by atoms with Gasteiger partial charge in [0.2, 0.25) is 0 Å². The molecule has 1 heterocycles. The van der Waals surface area contributed by atoms with Crippen LogP contribution in [0.4, 0.5) is 18.9 Å². The predicted molar refractivity (Wildman–Crippen MR) is 62.8 cm³/mol. The van der Waals surface area contributed by atoms with Gasteiger partial charge in [-0.15, -0.1) is 0 Å². The Morgan fingerprint density at radius 2 is 1.89 bits per heavy atom. The molecule has 2 atom stereocenters. The first-order chi connectivity index (χ1) is 8.47. The van der Waals surface area contributed by atoms with E-state index in [9.17, 15) is 13.2 Å². The van der Waals surface area contributed by atoms with Gasteiger partial charge in [-0.3, -0.25) is 0 Å². The third-order valence-electron chi connectivity index (χ3n) is 3.90. The smallest absolute Gasteiger partial charge is 0.387 e. The highest BCUT2D eigenvalue weighted by atomic mass is 19.4. The molecule has 0 saturated heterocycles. The number of nitrogens with two attached hydrogens (primary N) is 1. The van der Waals surface area contributed by atoms with Crippen molar-refractivity contribution in [2.24, 2.45) is 16.6 Å². The quantitative estimate of drug-likeness (QED) is 0.754. The molecular weight excluding hydrogens is 241 g/mol. The van der Waals surface area contributed by atoms with Crippen molar-refractivity contribution >= 4 is 11.5 Å². The van der Waals surface area contributed by atoms with E-state index in [2.05, 4.69) is 4.99 Å². The molecule has 1 saturated carbocycles. The van der Waals surface area contributed by atoms with Crippen molar-refractivity contribution in [3.05, 3.63) is 29.3 Å². The maximum atomic E-state index is 12.7. The first-order valence-electron chi connectivity index (χ1n) is 6.02. The van der Waals surface area contributed by atoms with E-state index >= 15 is 0 Å². The van der Waals surface area contributed by atoms with Crippen LogP contribution in [0.15, 0.2) is 23.2 Å². The average Bonchev–Trinajstić information content (AvgIpc) is 2.77. The van der Waals surface area contributed by atoms with E-state index in [1.54, 1.807) is 0 Å². The molecule has 96 valence electrons. The molecule has 1 aliphatic heterocycles. The molecule has 0 amide bonds. The Hall–Kier alpha value is -1.52. The third kappa shape index (κ3) is 1.69. The fraction of sp³-hybridized carbons (Fsp3) is 0.462. The SMILES string of the molecule is NC1=Nc2ccc(C(F)(F)F)cc2C2CCCC12. The number of amidine groups is 1. The van der Waals surface area contributed by atoms with Gasteiger partial charge in [0.15, 0.2) is 0 Å². The Morgan fingerprint density at radius 1 is 1.17 bits per heavy atom. The van der Waals surface area contributed by atoms with Crippen LogP contribution in [0.25, 0.3) is 0 Å². The highest BCUT2D eigenvalue weighted by molar-refractivity contribution is 5.89. The minimum absolute atomic E-state index is 0.111. The van der Waals surface area contributed by atoms with E-state index in [1.165, 1.54) is 12.1 Å². The summed E-state index contributed by atoms with van der Waals surface area (Å²) in [6.45, 7) is 0. The molecule has 2 aliphatic rings. The lowest BCUT2D eigenvalue weighted by molar-refractivity contribution is -0.137. The van der Waals surface area contributed by atoms with Crippen molar-refractivity contribution in [3.63, 3.8) is 0 Å². The molecule has 0 radical (unpaired) electrons. The van der Waals surface area contributed by atoms with Crippen LogP contribution >= 0.6 is 0 Å². The molecule has 2 unspecified atom stereocenters. The summed E-state index contributed by atoms with van der Waals surface area (Å²) in [7, 11) is 0. The number of halogens is 3. The first-order valence-corrected chi connectivity index (χ1v) is 6.02. The largest absolute Gasteiger partial charge is 0.416 e. The van der Waals surface area contributed by atoms with Crippen LogP contribution in [0.5, 0.6) is 0 Å². The minimum atomic E-state index is -4.30. The number of hydrogen-bond acceptors (Lipinski definition) is 2. The summed E-state index contributed by atoms with van der Waals surface area (Å²) in [5, 5.41) is 0. The van der Waals surface area contributed by atoms with Crippen LogP contribution in [0.3, 0.4) is 0 Å². The topological polar surface area (TPSA) is 38.4 Å². The second-order valence-corrected chi connectivity index (χ2v) is 4.95. The Morgan fingerprint density at radius 3 is 2.61 bits per heavy atom. The van der Waals surface area contributed by atoms with Crippen molar-refractivity contribution in [1.29, 1.82) is 0 Å². The first kappa shape index (κ1) is 11.6. The van der Waals surface area contributed by atoms with E-state index in [4.69, 9.17) is 5.73 Å². The minimum Gasteiger partial charge on any atom is -0.387 e. The standard InChI is InChI=1S/C13H13F3N2/c14-13(15,16)7-4-5-11-10(6-7)8-2-1-3-9(8)12(17)18-11/h4-6,8-9H,1-3H2,(H2,17,18). The van der Waals surface area contributed by atoms with Crippen LogP contribution in [0.1, 0.15) is 36.3 Å². The monoisotopic (exact) mass is 254 g/mol. The van der Waals surface area contributed by atoms with Gasteiger partial charge in [-0.25, -0.2) is 4.99 Å². The molecule has 0 aromatic heterocycles. The van der Waals surface area contributed by atoms with E-state index in [0.717, 1.165) is 25.3 Å². The summed E-state index contributed by atoms with van der Waals surface area (Å²) >= 11 is 0. The average molecular weight is 254 g/mol.